The second-order valence-electron chi connectivity index (χ2n) is 4.00. The molecule has 1 aromatic heterocycles. The highest BCUT2D eigenvalue weighted by molar-refractivity contribution is 6.40. The molecule has 0 N–H and O–H groups in total. The van der Waals surface area contributed by atoms with Crippen molar-refractivity contribution in [2.24, 2.45) is 0 Å². The first-order valence-electron chi connectivity index (χ1n) is 5.75. The molecule has 2 rings (SSSR count). The maximum absolute atomic E-state index is 12.2. The molecule has 0 aliphatic rings. The highest BCUT2D eigenvalue weighted by atomic mass is 35.5. The van der Waals surface area contributed by atoms with Gasteiger partial charge in [0.15, 0.2) is 5.75 Å². The lowest BCUT2D eigenvalue weighted by molar-refractivity contribution is 0.0732. The Kier molecular flexibility index (Phi) is 4.58. The fourth-order valence-corrected chi connectivity index (χ4v) is 2.59. The minimum absolute atomic E-state index is 0.0605. The van der Waals surface area contributed by atoms with E-state index in [1.54, 1.807) is 6.92 Å². The molecule has 20 heavy (non-hydrogen) atoms. The molecule has 0 spiro atoms. The lowest BCUT2D eigenvalue weighted by atomic mass is 10.1. The Hall–Kier alpha value is -1.23. The third-order valence-electron chi connectivity index (χ3n) is 2.63. The fraction of sp³-hybridized carbons (Fsp3) is 0.231. The maximum atomic E-state index is 12.2. The van der Waals surface area contributed by atoms with Crippen LogP contribution in [0.5, 0.6) is 5.75 Å². The third kappa shape index (κ3) is 2.92. The van der Waals surface area contributed by atoms with E-state index >= 15 is 0 Å². The Morgan fingerprint density at radius 2 is 1.90 bits per heavy atom. The van der Waals surface area contributed by atoms with Crippen LogP contribution in [0.2, 0.25) is 15.1 Å². The molecule has 4 nitrogen and oxygen atoms in total. The van der Waals surface area contributed by atoms with Gasteiger partial charge in [0.25, 0.3) is 0 Å². The lowest BCUT2D eigenvalue weighted by Gasteiger charge is -2.08. The molecule has 0 aliphatic carbocycles. The number of aryl methyl sites for hydroxylation is 2. The van der Waals surface area contributed by atoms with Crippen LogP contribution in [-0.2, 0) is 6.42 Å². The van der Waals surface area contributed by atoms with Gasteiger partial charge in [0, 0.05) is 5.02 Å². The quantitative estimate of drug-likeness (QED) is 0.602. The minimum Gasteiger partial charge on any atom is -0.420 e. The summed E-state index contributed by atoms with van der Waals surface area (Å²) in [6, 6.07) is 2.89. The van der Waals surface area contributed by atoms with Crippen molar-refractivity contribution in [3.8, 4) is 5.75 Å². The Bertz CT molecular complexity index is 644. The number of aromatic nitrogens is 1. The van der Waals surface area contributed by atoms with E-state index in [4.69, 9.17) is 44.1 Å². The SMILES string of the molecule is CCc1noc(C)c1C(=O)Oc1c(Cl)cc(Cl)cc1Cl. The number of carbonyl (C=O) groups excluding carboxylic acids is 1. The van der Waals surface area contributed by atoms with E-state index in [-0.39, 0.29) is 21.4 Å². The summed E-state index contributed by atoms with van der Waals surface area (Å²) in [5.74, 6) is -0.176. The predicted octanol–water partition coefficient (Wildman–Crippen LogP) is 4.72. The monoisotopic (exact) mass is 333 g/mol. The van der Waals surface area contributed by atoms with Gasteiger partial charge in [-0.25, -0.2) is 4.79 Å². The fourth-order valence-electron chi connectivity index (χ4n) is 1.69. The van der Waals surface area contributed by atoms with Gasteiger partial charge < -0.3 is 9.26 Å². The van der Waals surface area contributed by atoms with E-state index in [9.17, 15) is 4.79 Å². The van der Waals surface area contributed by atoms with Gasteiger partial charge in [-0.1, -0.05) is 46.9 Å². The van der Waals surface area contributed by atoms with Gasteiger partial charge >= 0.3 is 5.97 Å². The van der Waals surface area contributed by atoms with Gasteiger partial charge in [-0.2, -0.15) is 0 Å². The highest BCUT2D eigenvalue weighted by Gasteiger charge is 2.23. The molecule has 0 unspecified atom stereocenters. The van der Waals surface area contributed by atoms with E-state index in [0.29, 0.717) is 22.9 Å². The molecule has 0 saturated heterocycles. The first-order valence-corrected chi connectivity index (χ1v) is 6.89. The van der Waals surface area contributed by atoms with E-state index in [0.717, 1.165) is 0 Å². The smallest absolute Gasteiger partial charge is 0.349 e. The normalized spacial score (nSPS) is 10.7. The molecule has 0 saturated carbocycles. The van der Waals surface area contributed by atoms with E-state index in [1.165, 1.54) is 12.1 Å². The van der Waals surface area contributed by atoms with Crippen LogP contribution >= 0.6 is 34.8 Å². The molecule has 0 aliphatic heterocycles. The van der Waals surface area contributed by atoms with Crippen LogP contribution in [0.1, 0.15) is 28.7 Å². The zero-order chi connectivity index (χ0) is 14.9. The average molecular weight is 335 g/mol. The molecule has 2 aromatic rings. The Morgan fingerprint density at radius 1 is 1.30 bits per heavy atom. The number of ether oxygens (including phenoxy) is 1. The minimum atomic E-state index is -0.619. The summed E-state index contributed by atoms with van der Waals surface area (Å²) in [6.45, 7) is 3.49. The number of hydrogen-bond donors (Lipinski definition) is 0. The highest BCUT2D eigenvalue weighted by Crippen LogP contribution is 2.36. The topological polar surface area (TPSA) is 52.3 Å². The zero-order valence-electron chi connectivity index (χ0n) is 10.7. The van der Waals surface area contributed by atoms with E-state index in [1.807, 2.05) is 6.92 Å². The molecule has 106 valence electrons. The molecule has 1 heterocycles. The van der Waals surface area contributed by atoms with Crippen LogP contribution in [0, 0.1) is 6.92 Å². The van der Waals surface area contributed by atoms with Crippen molar-refractivity contribution >= 4 is 40.8 Å². The predicted molar refractivity (Wildman–Crippen MR) is 77.0 cm³/mol. The number of nitrogens with zero attached hydrogens (tertiary/aromatic N) is 1. The second-order valence-corrected chi connectivity index (χ2v) is 5.25. The van der Waals surface area contributed by atoms with Crippen molar-refractivity contribution in [1.82, 2.24) is 5.16 Å². The zero-order valence-corrected chi connectivity index (χ0v) is 12.9. The summed E-state index contributed by atoms with van der Waals surface area (Å²) in [6.07, 6.45) is 0.545. The standard InChI is InChI=1S/C13H10Cl3NO3/c1-3-10-11(6(2)20-17-10)13(18)19-12-8(15)4-7(14)5-9(12)16/h4-5H,3H2,1-2H3. The van der Waals surface area contributed by atoms with Gasteiger partial charge in [-0.15, -0.1) is 0 Å². The summed E-state index contributed by atoms with van der Waals surface area (Å²) in [5, 5.41) is 4.46. The summed E-state index contributed by atoms with van der Waals surface area (Å²) >= 11 is 17.7. The van der Waals surface area contributed by atoms with Gasteiger partial charge in [0.05, 0.1) is 15.7 Å². The number of carbonyl (C=O) groups is 1. The molecule has 0 amide bonds. The van der Waals surface area contributed by atoms with Gasteiger partial charge in [0.1, 0.15) is 11.3 Å². The number of benzene rings is 1. The van der Waals surface area contributed by atoms with Gasteiger partial charge in [0.2, 0.25) is 0 Å². The van der Waals surface area contributed by atoms with Crippen molar-refractivity contribution in [3.63, 3.8) is 0 Å². The van der Waals surface area contributed by atoms with Crippen LogP contribution in [-0.4, -0.2) is 11.1 Å². The maximum Gasteiger partial charge on any atom is 0.349 e. The van der Waals surface area contributed by atoms with Crippen LogP contribution in [0.25, 0.3) is 0 Å². The van der Waals surface area contributed by atoms with E-state index in [2.05, 4.69) is 5.16 Å². The number of esters is 1. The third-order valence-corrected chi connectivity index (χ3v) is 3.41. The van der Waals surface area contributed by atoms with Gasteiger partial charge in [-0.05, 0) is 25.5 Å². The summed E-state index contributed by atoms with van der Waals surface area (Å²) in [7, 11) is 0. The molecule has 0 radical (unpaired) electrons. The lowest BCUT2D eigenvalue weighted by Crippen LogP contribution is -2.12. The molecule has 0 atom stereocenters. The largest absolute Gasteiger partial charge is 0.420 e. The van der Waals surface area contributed by atoms with Crippen LogP contribution < -0.4 is 4.74 Å². The Morgan fingerprint density at radius 3 is 2.45 bits per heavy atom. The summed E-state index contributed by atoms with van der Waals surface area (Å²) in [5.41, 5.74) is 0.809. The first kappa shape index (κ1) is 15.2. The van der Waals surface area contributed by atoms with Crippen molar-refractivity contribution in [2.45, 2.75) is 20.3 Å². The molecule has 0 fully saturated rings. The molecular formula is C13H10Cl3NO3. The van der Waals surface area contributed by atoms with Gasteiger partial charge in [-0.3, -0.25) is 0 Å². The number of hydrogen-bond acceptors (Lipinski definition) is 4. The number of rotatable bonds is 3. The van der Waals surface area contributed by atoms with Crippen molar-refractivity contribution in [3.05, 3.63) is 44.2 Å². The van der Waals surface area contributed by atoms with Crippen molar-refractivity contribution in [1.29, 1.82) is 0 Å². The Labute approximate surface area is 130 Å². The molecule has 0 bridgehead atoms. The van der Waals surface area contributed by atoms with Crippen molar-refractivity contribution < 1.29 is 14.1 Å². The summed E-state index contributed by atoms with van der Waals surface area (Å²) < 4.78 is 10.2. The number of halogens is 3. The molecular weight excluding hydrogens is 325 g/mol. The second kappa shape index (κ2) is 6.04. The van der Waals surface area contributed by atoms with Crippen LogP contribution in [0.3, 0.4) is 0 Å². The molecule has 7 heteroatoms. The average Bonchev–Trinajstić information content (AvgIpc) is 2.74. The van der Waals surface area contributed by atoms with E-state index < -0.39 is 5.97 Å². The van der Waals surface area contributed by atoms with Crippen LogP contribution in [0.15, 0.2) is 16.7 Å². The molecule has 1 aromatic carbocycles. The Balaban J connectivity index is 2.35. The summed E-state index contributed by atoms with van der Waals surface area (Å²) in [4.78, 5) is 12.2. The van der Waals surface area contributed by atoms with Crippen LogP contribution in [0.4, 0.5) is 0 Å². The first-order chi connectivity index (χ1) is 9.43. The van der Waals surface area contributed by atoms with Crippen molar-refractivity contribution in [2.75, 3.05) is 0 Å².